The number of hydrogen-bond donors (Lipinski definition) is 28. The number of ether oxygens (including phenoxy) is 13. The predicted octanol–water partition coefficient (Wildman–Crippen LogP) is -18.5. The van der Waals surface area contributed by atoms with Gasteiger partial charge in [-0.2, -0.15) is 0 Å². The SMILES string of the molecule is O=C(O)[C@@]1(O[C@@H]2C[C@](O)(C(=O)O)O[C@H]([C@H](O)CO)[C@@H]2O[C@H]2O[C@H]([C@@H](O)CO)[C@@H](O)[C@H](O[C@H]3O[C@H]([C@@H](O)CO[C@H]4O[C@H]([C@@H](O)CO)[C@@H](O)[C@H](O)[C@@H]4O)[C@@H](O)[C@H](O[C@H]4O[C@H](CO[C@H]5O[C@H](CO)[C@H](O)[C@H](O)[C@H]5O)[C@H](O)[C@H](O)[C@H]4O)[C@@H]3O)[C@@H]2O)C[C@@H](O)[C@@H](O)[C@@H]([C@H](O)CO)O1. The van der Waals surface area contributed by atoms with Crippen molar-refractivity contribution in [3.8, 4) is 0 Å². The summed E-state index contributed by atoms with van der Waals surface area (Å²) in [5.41, 5.74) is 0. The van der Waals surface area contributed by atoms with Gasteiger partial charge in [-0.3, -0.25) is 0 Å². The summed E-state index contributed by atoms with van der Waals surface area (Å²) in [5.74, 6) is -11.5. The van der Waals surface area contributed by atoms with Crippen LogP contribution in [-0.2, 0) is 71.2 Å². The van der Waals surface area contributed by atoms with E-state index in [-0.39, 0.29) is 0 Å². The number of carboxylic acids is 2. The predicted molar refractivity (Wildman–Crippen MR) is 272 cm³/mol. The summed E-state index contributed by atoms with van der Waals surface area (Å²) >= 11 is 0. The quantitative estimate of drug-likeness (QED) is 0.0382. The normalized spacial score (nSPS) is 48.9. The first-order chi connectivity index (χ1) is 43.2. The molecule has 38 atom stereocenters. The Bertz CT molecular complexity index is 2320. The first kappa shape index (κ1) is 76.7. The lowest BCUT2D eigenvalue weighted by Gasteiger charge is -2.52. The Labute approximate surface area is 516 Å². The number of rotatable bonds is 26. The second kappa shape index (κ2) is 31.9. The van der Waals surface area contributed by atoms with Gasteiger partial charge >= 0.3 is 11.9 Å². The van der Waals surface area contributed by atoms with E-state index in [1.807, 2.05) is 0 Å². The standard InChI is InChI=1S/C49H82O43/c50-3-11(56)33-25(67)24(66)27(69)42(84-33)80-8-15(60)35-30(72)40(88-43-28(70)23(65)21(63)18(83-43)9-81-41-26(68)22(64)20(62)17(7-54)82-41)32(74)45(86-35)89-39-29(71)34(12(57)4-51)85-44(31(39)73)87-38-16(2-48(79,46(75)76)91-37(38)14(59)6-53)90-49(47(77)78)1-10(55)19(61)36(92-49)13(58)5-52/h10-45,50-74,79H,1-9H2,(H,75,76)(H,77,78)/t10-,11+,12+,13-,14-,15+,16-,17-,18-,19-,20+,21+,22+,23+,24+,25+,26-,27+,28-,29-,30-,31+,32+,33-,34-,35-,36-,37-,38-,39+,40+,41+,42+,43-,44-,45-,48-,49-/m1/s1. The fourth-order valence-corrected chi connectivity index (χ4v) is 11.4. The van der Waals surface area contributed by atoms with Crippen molar-refractivity contribution in [1.82, 2.24) is 0 Å². The number of carboxylic acid groups (broad SMARTS) is 2. The van der Waals surface area contributed by atoms with Crippen LogP contribution in [0.3, 0.4) is 0 Å². The van der Waals surface area contributed by atoms with E-state index in [1.165, 1.54) is 0 Å². The molecule has 0 saturated carbocycles. The van der Waals surface area contributed by atoms with Crippen LogP contribution in [0.15, 0.2) is 0 Å². The van der Waals surface area contributed by atoms with Crippen LogP contribution in [0.1, 0.15) is 12.8 Å². The van der Waals surface area contributed by atoms with Gasteiger partial charge < -0.3 is 205 Å². The number of aliphatic carboxylic acids is 2. The van der Waals surface area contributed by atoms with Crippen molar-refractivity contribution < 1.29 is 214 Å². The van der Waals surface area contributed by atoms with Gasteiger partial charge in [0.1, 0.15) is 177 Å². The van der Waals surface area contributed by atoms with Crippen LogP contribution in [-0.4, -0.2) is 433 Å². The molecule has 7 heterocycles. The minimum atomic E-state index is -3.58. The van der Waals surface area contributed by atoms with Crippen LogP contribution in [0.4, 0.5) is 0 Å². The molecule has 7 aliphatic rings. The number of aliphatic hydroxyl groups is 26. The summed E-state index contributed by atoms with van der Waals surface area (Å²) in [6.07, 6.45) is -84.6. The maximum Gasteiger partial charge on any atom is 0.364 e. The van der Waals surface area contributed by atoms with Crippen molar-refractivity contribution >= 4 is 11.9 Å². The third-order valence-electron chi connectivity index (χ3n) is 16.7. The third kappa shape index (κ3) is 15.9. The van der Waals surface area contributed by atoms with Gasteiger partial charge in [0.2, 0.25) is 0 Å². The highest BCUT2D eigenvalue weighted by molar-refractivity contribution is 5.76. The van der Waals surface area contributed by atoms with Gasteiger partial charge in [0.25, 0.3) is 11.6 Å². The Kier molecular flexibility index (Phi) is 26.6. The van der Waals surface area contributed by atoms with Gasteiger partial charge in [-0.1, -0.05) is 0 Å². The summed E-state index contributed by atoms with van der Waals surface area (Å²) in [4.78, 5) is 25.7. The Hall–Kier alpha value is -2.62. The number of aliphatic hydroxyl groups excluding tert-OH is 25. The highest BCUT2D eigenvalue weighted by atomic mass is 16.8. The lowest BCUT2D eigenvalue weighted by Crippen LogP contribution is -2.70. The van der Waals surface area contributed by atoms with Crippen LogP contribution in [0.25, 0.3) is 0 Å². The van der Waals surface area contributed by atoms with Crippen LogP contribution >= 0.6 is 0 Å². The first-order valence-corrected chi connectivity index (χ1v) is 28.5. The highest BCUT2D eigenvalue weighted by Crippen LogP contribution is 2.43. The van der Waals surface area contributed by atoms with E-state index in [9.17, 15) is 153 Å². The van der Waals surface area contributed by atoms with E-state index in [0.717, 1.165) is 0 Å². The Morgan fingerprint density at radius 2 is 0.815 bits per heavy atom. The maximum atomic E-state index is 13.1. The van der Waals surface area contributed by atoms with E-state index in [4.69, 9.17) is 61.6 Å². The highest BCUT2D eigenvalue weighted by Gasteiger charge is 2.63. The van der Waals surface area contributed by atoms with Crippen LogP contribution in [0, 0.1) is 0 Å². The topological polar surface area (TPSA) is 721 Å². The molecule has 28 N–H and O–H groups in total. The molecule has 0 aromatic heterocycles. The molecule has 43 heteroatoms. The molecule has 0 aliphatic carbocycles. The van der Waals surface area contributed by atoms with Gasteiger partial charge in [-0.15, -0.1) is 0 Å². The van der Waals surface area contributed by atoms with E-state index < -0.39 is 303 Å². The van der Waals surface area contributed by atoms with Crippen molar-refractivity contribution in [3.05, 3.63) is 0 Å². The fraction of sp³-hybridized carbons (Fsp3) is 0.959. The number of carbonyl (C=O) groups is 2. The zero-order chi connectivity index (χ0) is 68.5. The molecule has 7 saturated heterocycles. The summed E-state index contributed by atoms with van der Waals surface area (Å²) in [7, 11) is 0. The molecule has 7 rings (SSSR count). The van der Waals surface area contributed by atoms with Crippen molar-refractivity contribution in [2.45, 2.75) is 245 Å². The van der Waals surface area contributed by atoms with Gasteiger partial charge in [-0.05, 0) is 0 Å². The van der Waals surface area contributed by atoms with E-state index >= 15 is 0 Å². The summed E-state index contributed by atoms with van der Waals surface area (Å²) in [6, 6.07) is 0. The molecule has 43 nitrogen and oxygen atoms in total. The molecule has 0 aromatic rings. The minimum absolute atomic E-state index is 0.916. The second-order valence-corrected chi connectivity index (χ2v) is 23.0. The van der Waals surface area contributed by atoms with Crippen molar-refractivity contribution in [2.75, 3.05) is 46.2 Å². The summed E-state index contributed by atoms with van der Waals surface area (Å²) in [6.45, 7) is -8.25. The van der Waals surface area contributed by atoms with Crippen LogP contribution in [0.5, 0.6) is 0 Å². The number of hydrogen-bond acceptors (Lipinski definition) is 41. The molecule has 0 spiro atoms. The Morgan fingerprint density at radius 1 is 0.402 bits per heavy atom. The molecule has 536 valence electrons. The second-order valence-electron chi connectivity index (χ2n) is 23.0. The first-order valence-electron chi connectivity index (χ1n) is 28.5. The van der Waals surface area contributed by atoms with Crippen molar-refractivity contribution in [3.63, 3.8) is 0 Å². The van der Waals surface area contributed by atoms with Gasteiger partial charge in [0.05, 0.1) is 58.5 Å². The molecule has 0 aromatic carbocycles. The van der Waals surface area contributed by atoms with Gasteiger partial charge in [0, 0.05) is 12.8 Å². The van der Waals surface area contributed by atoms with Crippen LogP contribution in [0.2, 0.25) is 0 Å². The smallest absolute Gasteiger partial charge is 0.364 e. The van der Waals surface area contributed by atoms with E-state index in [2.05, 4.69) is 0 Å². The molecule has 7 fully saturated rings. The molecule has 0 bridgehead atoms. The lowest BCUT2D eigenvalue weighted by atomic mass is 9.89. The molecule has 92 heavy (non-hydrogen) atoms. The molecular weight excluding hydrogens is 1280 g/mol. The van der Waals surface area contributed by atoms with E-state index in [0.29, 0.717) is 0 Å². The summed E-state index contributed by atoms with van der Waals surface area (Å²) in [5, 5.41) is 301. The Morgan fingerprint density at radius 3 is 1.32 bits per heavy atom. The maximum absolute atomic E-state index is 13.1. The molecule has 7 aliphatic heterocycles. The summed E-state index contributed by atoms with van der Waals surface area (Å²) < 4.78 is 72.6. The monoisotopic (exact) mass is 1360 g/mol. The minimum Gasteiger partial charge on any atom is -0.477 e. The molecule has 0 radical (unpaired) electrons. The van der Waals surface area contributed by atoms with Crippen molar-refractivity contribution in [1.29, 1.82) is 0 Å². The van der Waals surface area contributed by atoms with Gasteiger partial charge in [0.15, 0.2) is 31.5 Å². The molecular formula is C49H82O43. The third-order valence-corrected chi connectivity index (χ3v) is 16.7. The molecule has 0 unspecified atom stereocenters. The van der Waals surface area contributed by atoms with E-state index in [1.54, 1.807) is 0 Å². The Balaban J connectivity index is 1.23. The van der Waals surface area contributed by atoms with Crippen LogP contribution < -0.4 is 0 Å². The van der Waals surface area contributed by atoms with Crippen molar-refractivity contribution in [2.24, 2.45) is 0 Å². The lowest BCUT2D eigenvalue weighted by molar-refractivity contribution is -0.406. The zero-order valence-electron chi connectivity index (χ0n) is 47.8. The zero-order valence-corrected chi connectivity index (χ0v) is 47.8. The van der Waals surface area contributed by atoms with Gasteiger partial charge in [-0.25, -0.2) is 9.59 Å². The average Bonchev–Trinajstić information content (AvgIpc) is 0.754. The fourth-order valence-electron chi connectivity index (χ4n) is 11.4. The largest absolute Gasteiger partial charge is 0.477 e. The molecule has 0 amide bonds. The average molecular weight is 1360 g/mol.